The van der Waals surface area contributed by atoms with Crippen LogP contribution in [0.5, 0.6) is 0 Å². The maximum atomic E-state index is 11.6. The van der Waals surface area contributed by atoms with Crippen LogP contribution in [-0.4, -0.2) is 31.3 Å². The Morgan fingerprint density at radius 1 is 1.23 bits per heavy atom. The number of aromatic nitrogens is 4. The van der Waals surface area contributed by atoms with Crippen molar-refractivity contribution in [2.24, 2.45) is 0 Å². The first-order valence-electron chi connectivity index (χ1n) is 9.93. The molecule has 9 heteroatoms. The van der Waals surface area contributed by atoms with Crippen molar-refractivity contribution in [3.8, 4) is 6.07 Å². The predicted octanol–water partition coefficient (Wildman–Crippen LogP) is 4.71. The van der Waals surface area contributed by atoms with Crippen LogP contribution >= 0.6 is 15.9 Å². The summed E-state index contributed by atoms with van der Waals surface area (Å²) < 4.78 is 2.80. The van der Waals surface area contributed by atoms with Crippen LogP contribution in [0.25, 0.3) is 11.2 Å². The predicted molar refractivity (Wildman–Crippen MR) is 119 cm³/mol. The number of ketones is 1. The second-order valence-electron chi connectivity index (χ2n) is 7.74. The second kappa shape index (κ2) is 8.40. The third kappa shape index (κ3) is 4.28. The quantitative estimate of drug-likeness (QED) is 0.558. The molecule has 1 fully saturated rings. The molecule has 1 aromatic carbocycles. The van der Waals surface area contributed by atoms with E-state index in [1.165, 1.54) is 0 Å². The second-order valence-corrected chi connectivity index (χ2v) is 8.65. The van der Waals surface area contributed by atoms with Gasteiger partial charge in [0, 0.05) is 35.1 Å². The van der Waals surface area contributed by atoms with E-state index < -0.39 is 0 Å². The zero-order valence-electron chi connectivity index (χ0n) is 16.8. The molecule has 0 amide bonds. The number of halogens is 1. The molecule has 0 bridgehead atoms. The first-order valence-corrected chi connectivity index (χ1v) is 10.7. The van der Waals surface area contributed by atoms with E-state index in [0.29, 0.717) is 41.5 Å². The highest BCUT2D eigenvalue weighted by molar-refractivity contribution is 9.10. The molecular formula is C21H22BrN7O. The Morgan fingerprint density at radius 2 is 2.00 bits per heavy atom. The Hall–Kier alpha value is -2.99. The van der Waals surface area contributed by atoms with Gasteiger partial charge in [0.05, 0.1) is 18.0 Å². The Balaban J connectivity index is 1.73. The molecule has 0 radical (unpaired) electrons. The summed E-state index contributed by atoms with van der Waals surface area (Å²) >= 11 is 3.44. The number of carbonyl (C=O) groups excluding carboxylic acids is 1. The van der Waals surface area contributed by atoms with E-state index in [2.05, 4.69) is 56.4 Å². The molecule has 8 nitrogen and oxygen atoms in total. The number of imidazole rings is 1. The number of nitriles is 1. The average Bonchev–Trinajstić information content (AvgIpc) is 3.14. The van der Waals surface area contributed by atoms with Crippen molar-refractivity contribution in [3.63, 3.8) is 0 Å². The first kappa shape index (κ1) is 20.3. The summed E-state index contributed by atoms with van der Waals surface area (Å²) in [5.74, 6) is 1.38. The zero-order valence-corrected chi connectivity index (χ0v) is 18.4. The van der Waals surface area contributed by atoms with Gasteiger partial charge >= 0.3 is 0 Å². The molecule has 154 valence electrons. The van der Waals surface area contributed by atoms with Gasteiger partial charge in [-0.1, -0.05) is 15.9 Å². The van der Waals surface area contributed by atoms with Crippen molar-refractivity contribution in [1.29, 1.82) is 5.26 Å². The Kier molecular flexibility index (Phi) is 5.68. The van der Waals surface area contributed by atoms with E-state index in [4.69, 9.17) is 4.98 Å². The molecule has 2 heterocycles. The van der Waals surface area contributed by atoms with E-state index in [1.807, 2.05) is 10.6 Å². The minimum atomic E-state index is 0.166. The molecular weight excluding hydrogens is 446 g/mol. The number of fused-ring (bicyclic) bond motifs is 1. The number of nitrogens with one attached hydrogen (secondary N) is 2. The van der Waals surface area contributed by atoms with Gasteiger partial charge in [0.2, 0.25) is 5.95 Å². The number of hydrogen-bond acceptors (Lipinski definition) is 7. The van der Waals surface area contributed by atoms with Crippen molar-refractivity contribution in [1.82, 2.24) is 19.5 Å². The van der Waals surface area contributed by atoms with Gasteiger partial charge in [-0.3, -0.25) is 4.79 Å². The number of rotatable bonds is 5. The van der Waals surface area contributed by atoms with Crippen molar-refractivity contribution in [3.05, 3.63) is 34.6 Å². The van der Waals surface area contributed by atoms with E-state index >= 15 is 0 Å². The first-order chi connectivity index (χ1) is 14.4. The number of anilines is 3. The fourth-order valence-electron chi connectivity index (χ4n) is 3.58. The van der Waals surface area contributed by atoms with Crippen LogP contribution in [-0.2, 0) is 4.79 Å². The number of Topliss-reactive ketones (excluding diaryl/α,β-unsaturated/α-hetero) is 1. The molecule has 3 aromatic rings. The van der Waals surface area contributed by atoms with Gasteiger partial charge in [-0.25, -0.2) is 4.98 Å². The monoisotopic (exact) mass is 467 g/mol. The van der Waals surface area contributed by atoms with Gasteiger partial charge in [-0.05, 0) is 44.9 Å². The highest BCUT2D eigenvalue weighted by Crippen LogP contribution is 2.29. The molecule has 4 rings (SSSR count). The molecule has 0 atom stereocenters. The smallest absolute Gasteiger partial charge is 0.227 e. The summed E-state index contributed by atoms with van der Waals surface area (Å²) in [6, 6.07) is 7.91. The van der Waals surface area contributed by atoms with Crippen molar-refractivity contribution in [2.45, 2.75) is 51.6 Å². The highest BCUT2D eigenvalue weighted by atomic mass is 79.9. The number of carbonyl (C=O) groups is 1. The highest BCUT2D eigenvalue weighted by Gasteiger charge is 2.21. The van der Waals surface area contributed by atoms with Crippen LogP contribution in [0.2, 0.25) is 0 Å². The van der Waals surface area contributed by atoms with E-state index in [0.717, 1.165) is 28.6 Å². The molecule has 1 aliphatic carbocycles. The molecule has 2 aromatic heterocycles. The van der Waals surface area contributed by atoms with E-state index in [1.54, 1.807) is 18.5 Å². The van der Waals surface area contributed by atoms with Crippen LogP contribution in [0, 0.1) is 11.3 Å². The maximum Gasteiger partial charge on any atom is 0.227 e. The lowest BCUT2D eigenvalue weighted by molar-refractivity contribution is -0.120. The van der Waals surface area contributed by atoms with Gasteiger partial charge in [0.1, 0.15) is 5.78 Å². The normalized spacial score (nSPS) is 14.8. The van der Waals surface area contributed by atoms with Crippen molar-refractivity contribution >= 4 is 50.3 Å². The summed E-state index contributed by atoms with van der Waals surface area (Å²) in [4.78, 5) is 25.5. The molecule has 1 aliphatic rings. The van der Waals surface area contributed by atoms with Gasteiger partial charge < -0.3 is 15.2 Å². The summed E-state index contributed by atoms with van der Waals surface area (Å²) in [5.41, 5.74) is 2.66. The largest absolute Gasteiger partial charge is 0.351 e. The SMILES string of the molecule is CC(C)n1cnc2c(Nc3cc(Br)cc(C#N)c3)nc(NC3CCC(=O)CC3)nc21. The van der Waals surface area contributed by atoms with Gasteiger partial charge in [-0.15, -0.1) is 0 Å². The zero-order chi connectivity index (χ0) is 21.3. The summed E-state index contributed by atoms with van der Waals surface area (Å²) in [5, 5.41) is 15.9. The minimum Gasteiger partial charge on any atom is -0.351 e. The molecule has 0 spiro atoms. The van der Waals surface area contributed by atoms with E-state index in [-0.39, 0.29) is 12.1 Å². The van der Waals surface area contributed by atoms with Crippen LogP contribution in [0.15, 0.2) is 29.0 Å². The van der Waals surface area contributed by atoms with Crippen LogP contribution in [0.3, 0.4) is 0 Å². The molecule has 2 N–H and O–H groups in total. The molecule has 30 heavy (non-hydrogen) atoms. The number of nitrogens with zero attached hydrogens (tertiary/aromatic N) is 5. The van der Waals surface area contributed by atoms with Crippen molar-refractivity contribution in [2.75, 3.05) is 10.6 Å². The fraction of sp³-hybridized carbons (Fsp3) is 0.381. The molecule has 0 aliphatic heterocycles. The molecule has 0 saturated heterocycles. The van der Waals surface area contributed by atoms with Crippen LogP contribution in [0.1, 0.15) is 51.1 Å². The summed E-state index contributed by atoms with van der Waals surface area (Å²) in [6.45, 7) is 4.15. The van der Waals surface area contributed by atoms with E-state index in [9.17, 15) is 10.1 Å². The summed E-state index contributed by atoms with van der Waals surface area (Å²) in [7, 11) is 0. The van der Waals surface area contributed by atoms with Crippen LogP contribution < -0.4 is 10.6 Å². The summed E-state index contributed by atoms with van der Waals surface area (Å²) in [6.07, 6.45) is 4.50. The topological polar surface area (TPSA) is 109 Å². The van der Waals surface area contributed by atoms with Crippen molar-refractivity contribution < 1.29 is 4.79 Å². The number of benzene rings is 1. The standard InChI is InChI=1S/C21H22BrN7O/c1-12(2)29-11-24-18-19(25-16-8-13(10-23)7-14(22)9-16)27-21(28-20(18)29)26-15-3-5-17(30)6-4-15/h7-9,11-12,15H,3-6H2,1-2H3,(H2,25,26,27,28). The lowest BCUT2D eigenvalue weighted by Crippen LogP contribution is -2.27. The minimum absolute atomic E-state index is 0.166. The van der Waals surface area contributed by atoms with Gasteiger partial charge in [0.15, 0.2) is 17.0 Å². The Bertz CT molecular complexity index is 1140. The number of hydrogen-bond donors (Lipinski definition) is 2. The maximum absolute atomic E-state index is 11.6. The Labute approximate surface area is 182 Å². The molecule has 1 saturated carbocycles. The average molecular weight is 468 g/mol. The lowest BCUT2D eigenvalue weighted by atomic mass is 9.94. The molecule has 0 unspecified atom stereocenters. The third-order valence-corrected chi connectivity index (χ3v) is 5.60. The van der Waals surface area contributed by atoms with Gasteiger partial charge in [0.25, 0.3) is 0 Å². The van der Waals surface area contributed by atoms with Crippen LogP contribution in [0.4, 0.5) is 17.5 Å². The van der Waals surface area contributed by atoms with Gasteiger partial charge in [-0.2, -0.15) is 15.2 Å². The Morgan fingerprint density at radius 3 is 2.70 bits per heavy atom. The fourth-order valence-corrected chi connectivity index (χ4v) is 4.07. The third-order valence-electron chi connectivity index (χ3n) is 5.14. The lowest BCUT2D eigenvalue weighted by Gasteiger charge is -2.22.